The minimum Gasteiger partial charge on any atom is -0.493 e. The number of ether oxygens (including phenoxy) is 3. The lowest BCUT2D eigenvalue weighted by molar-refractivity contribution is -0.385. The molecule has 0 radical (unpaired) electrons. The van der Waals surface area contributed by atoms with Crippen molar-refractivity contribution in [1.82, 2.24) is 0 Å². The molecule has 0 saturated heterocycles. The molecular weight excluding hydrogens is 380 g/mol. The van der Waals surface area contributed by atoms with E-state index in [1.807, 2.05) is 6.92 Å². The molecule has 29 heavy (non-hydrogen) atoms. The van der Waals surface area contributed by atoms with Crippen LogP contribution in [0, 0.1) is 10.1 Å². The number of nitro benzene ring substituents is 1. The molecule has 9 heteroatoms. The molecule has 0 aromatic heterocycles. The fraction of sp³-hybridized carbons (Fsp3) is 0.300. The number of anilines is 1. The summed E-state index contributed by atoms with van der Waals surface area (Å²) >= 11 is 0. The van der Waals surface area contributed by atoms with Crippen molar-refractivity contribution >= 4 is 23.3 Å². The molecule has 2 aromatic carbocycles. The van der Waals surface area contributed by atoms with E-state index in [1.165, 1.54) is 25.3 Å². The third kappa shape index (κ3) is 6.49. The number of nitrogens with one attached hydrogen (secondary N) is 1. The topological polar surface area (TPSA) is 117 Å². The van der Waals surface area contributed by atoms with Gasteiger partial charge in [0.1, 0.15) is 0 Å². The highest BCUT2D eigenvalue weighted by molar-refractivity contribution is 5.93. The lowest BCUT2D eigenvalue weighted by Crippen LogP contribution is -2.20. The number of carbonyl (C=O) groups is 2. The van der Waals surface area contributed by atoms with E-state index < -0.39 is 16.8 Å². The van der Waals surface area contributed by atoms with Crippen LogP contribution >= 0.6 is 0 Å². The largest absolute Gasteiger partial charge is 0.493 e. The van der Waals surface area contributed by atoms with E-state index in [0.29, 0.717) is 17.9 Å². The first kappa shape index (κ1) is 21.7. The maximum absolute atomic E-state index is 12.1. The van der Waals surface area contributed by atoms with Crippen molar-refractivity contribution in [3.05, 3.63) is 58.1 Å². The minimum absolute atomic E-state index is 0.0852. The number of carbonyl (C=O) groups excluding carboxylic acids is 2. The average Bonchev–Trinajstić information content (AvgIpc) is 2.72. The number of rotatable bonds is 10. The van der Waals surface area contributed by atoms with Crippen molar-refractivity contribution in [2.45, 2.75) is 19.8 Å². The van der Waals surface area contributed by atoms with Crippen molar-refractivity contribution in [3.63, 3.8) is 0 Å². The molecule has 1 amide bonds. The Bertz CT molecular complexity index is 866. The summed E-state index contributed by atoms with van der Waals surface area (Å²) in [4.78, 5) is 34.3. The Labute approximate surface area is 167 Å². The van der Waals surface area contributed by atoms with Gasteiger partial charge in [-0.15, -0.1) is 0 Å². The number of hydrogen-bond donors (Lipinski definition) is 1. The summed E-state index contributed by atoms with van der Waals surface area (Å²) in [7, 11) is 1.39. The van der Waals surface area contributed by atoms with Crippen molar-refractivity contribution < 1.29 is 28.7 Å². The van der Waals surface area contributed by atoms with E-state index in [2.05, 4.69) is 5.32 Å². The standard InChI is InChI=1S/C20H22N2O7/c1-3-4-11-28-20(24)14-5-7-15(8-6-14)21-19(23)13-29-18-12-16(22(25)26)9-10-17(18)27-2/h5-10,12H,3-4,11,13H2,1-2H3,(H,21,23). The van der Waals surface area contributed by atoms with Crippen molar-refractivity contribution in [2.24, 2.45) is 0 Å². The molecule has 0 unspecified atom stereocenters. The highest BCUT2D eigenvalue weighted by Crippen LogP contribution is 2.31. The van der Waals surface area contributed by atoms with Gasteiger partial charge in [0.25, 0.3) is 11.6 Å². The van der Waals surface area contributed by atoms with Crippen LogP contribution in [0.1, 0.15) is 30.1 Å². The maximum atomic E-state index is 12.1. The lowest BCUT2D eigenvalue weighted by Gasteiger charge is -2.11. The van der Waals surface area contributed by atoms with Crippen molar-refractivity contribution in [1.29, 1.82) is 0 Å². The van der Waals surface area contributed by atoms with E-state index in [4.69, 9.17) is 14.2 Å². The van der Waals surface area contributed by atoms with Gasteiger partial charge in [-0.05, 0) is 36.8 Å². The number of nitrogens with zero attached hydrogens (tertiary/aromatic N) is 1. The Kier molecular flexibility index (Phi) is 7.96. The third-order valence-corrected chi connectivity index (χ3v) is 3.85. The van der Waals surface area contributed by atoms with Crippen LogP contribution in [0.15, 0.2) is 42.5 Å². The fourth-order valence-electron chi connectivity index (χ4n) is 2.31. The fourth-order valence-corrected chi connectivity index (χ4v) is 2.31. The number of benzene rings is 2. The van der Waals surface area contributed by atoms with Gasteiger partial charge in [0, 0.05) is 11.8 Å². The molecule has 0 atom stereocenters. The predicted molar refractivity (Wildman–Crippen MR) is 105 cm³/mol. The van der Waals surface area contributed by atoms with E-state index in [0.717, 1.165) is 12.8 Å². The number of unbranched alkanes of at least 4 members (excludes halogenated alkanes) is 1. The quantitative estimate of drug-likeness (QED) is 0.279. The highest BCUT2D eigenvalue weighted by Gasteiger charge is 2.14. The molecule has 0 bridgehead atoms. The molecule has 2 aromatic rings. The van der Waals surface area contributed by atoms with Crippen LogP contribution in [0.4, 0.5) is 11.4 Å². The van der Waals surface area contributed by atoms with Crippen LogP contribution in [0.25, 0.3) is 0 Å². The van der Waals surface area contributed by atoms with Crippen LogP contribution in [0.5, 0.6) is 11.5 Å². The molecule has 0 saturated carbocycles. The first-order chi connectivity index (χ1) is 13.9. The molecule has 0 heterocycles. The second-order valence-electron chi connectivity index (χ2n) is 6.00. The first-order valence-electron chi connectivity index (χ1n) is 8.97. The summed E-state index contributed by atoms with van der Waals surface area (Å²) in [5.74, 6) is -0.536. The Balaban J connectivity index is 1.92. The molecule has 0 aliphatic heterocycles. The molecule has 154 valence electrons. The van der Waals surface area contributed by atoms with Gasteiger partial charge in [0.2, 0.25) is 0 Å². The molecule has 1 N–H and O–H groups in total. The zero-order valence-corrected chi connectivity index (χ0v) is 16.2. The Morgan fingerprint density at radius 2 is 1.83 bits per heavy atom. The molecule has 2 rings (SSSR count). The molecule has 0 fully saturated rings. The van der Waals surface area contributed by atoms with Gasteiger partial charge >= 0.3 is 5.97 Å². The zero-order chi connectivity index (χ0) is 21.2. The Hall–Kier alpha value is -3.62. The smallest absolute Gasteiger partial charge is 0.338 e. The van der Waals surface area contributed by atoms with Crippen molar-refractivity contribution in [2.75, 3.05) is 25.6 Å². The van der Waals surface area contributed by atoms with Gasteiger partial charge in [-0.25, -0.2) is 4.79 Å². The van der Waals surface area contributed by atoms with Crippen molar-refractivity contribution in [3.8, 4) is 11.5 Å². The summed E-state index contributed by atoms with van der Waals surface area (Å²) in [6.45, 7) is 1.99. The van der Waals surface area contributed by atoms with Gasteiger partial charge < -0.3 is 19.5 Å². The molecule has 0 aliphatic carbocycles. The van der Waals surface area contributed by atoms with E-state index in [-0.39, 0.29) is 23.8 Å². The molecule has 9 nitrogen and oxygen atoms in total. The first-order valence-corrected chi connectivity index (χ1v) is 8.97. The van der Waals surface area contributed by atoms with Crippen LogP contribution in [0.2, 0.25) is 0 Å². The lowest BCUT2D eigenvalue weighted by atomic mass is 10.2. The van der Waals surface area contributed by atoms with Gasteiger partial charge in [0.05, 0.1) is 30.3 Å². The van der Waals surface area contributed by atoms with E-state index >= 15 is 0 Å². The zero-order valence-electron chi connectivity index (χ0n) is 16.2. The normalized spacial score (nSPS) is 10.1. The summed E-state index contributed by atoms with van der Waals surface area (Å²) in [6.07, 6.45) is 1.73. The molecule has 0 spiro atoms. The van der Waals surface area contributed by atoms with Gasteiger partial charge in [-0.1, -0.05) is 13.3 Å². The number of methoxy groups -OCH3 is 1. The average molecular weight is 402 g/mol. The number of non-ortho nitro benzene ring substituents is 1. The summed E-state index contributed by atoms with van der Waals surface area (Å²) < 4.78 is 15.6. The number of amides is 1. The summed E-state index contributed by atoms with van der Waals surface area (Å²) in [5, 5.41) is 13.5. The second-order valence-corrected chi connectivity index (χ2v) is 6.00. The SMILES string of the molecule is CCCCOC(=O)c1ccc(NC(=O)COc2cc([N+](=O)[O-])ccc2OC)cc1. The van der Waals surface area contributed by atoms with Crippen LogP contribution < -0.4 is 14.8 Å². The summed E-state index contributed by atoms with van der Waals surface area (Å²) in [6, 6.07) is 10.1. The third-order valence-electron chi connectivity index (χ3n) is 3.85. The maximum Gasteiger partial charge on any atom is 0.338 e. The van der Waals surface area contributed by atoms with E-state index in [1.54, 1.807) is 24.3 Å². The van der Waals surface area contributed by atoms with Crippen LogP contribution in [-0.4, -0.2) is 37.1 Å². The van der Waals surface area contributed by atoms with Gasteiger partial charge in [-0.2, -0.15) is 0 Å². The van der Waals surface area contributed by atoms with Crippen LogP contribution in [-0.2, 0) is 9.53 Å². The highest BCUT2D eigenvalue weighted by atomic mass is 16.6. The second kappa shape index (κ2) is 10.6. The Morgan fingerprint density at radius 3 is 2.45 bits per heavy atom. The van der Waals surface area contributed by atoms with Gasteiger partial charge in [0.15, 0.2) is 18.1 Å². The predicted octanol–water partition coefficient (Wildman–Crippen LogP) is 3.58. The Morgan fingerprint density at radius 1 is 1.10 bits per heavy atom. The van der Waals surface area contributed by atoms with Gasteiger partial charge in [-0.3, -0.25) is 14.9 Å². The van der Waals surface area contributed by atoms with E-state index in [9.17, 15) is 19.7 Å². The number of hydrogen-bond acceptors (Lipinski definition) is 7. The monoisotopic (exact) mass is 402 g/mol. The minimum atomic E-state index is -0.568. The molecule has 0 aliphatic rings. The number of nitro groups is 1. The van der Waals surface area contributed by atoms with Crippen LogP contribution in [0.3, 0.4) is 0 Å². The molecular formula is C20H22N2O7. The number of esters is 1. The summed E-state index contributed by atoms with van der Waals surface area (Å²) in [5.41, 5.74) is 0.675.